The normalized spacial score (nSPS) is 10.1. The lowest BCUT2D eigenvalue weighted by Gasteiger charge is -2.09. The molecule has 0 bridgehead atoms. The number of nitrogens with two attached hydrogens (primary N) is 1. The first kappa shape index (κ1) is 13.8. The lowest BCUT2D eigenvalue weighted by atomic mass is 10.1. The summed E-state index contributed by atoms with van der Waals surface area (Å²) in [4.78, 5) is 4.48. The minimum atomic E-state index is 0.401. The molecule has 0 fully saturated rings. The zero-order valence-corrected chi connectivity index (χ0v) is 11.8. The summed E-state index contributed by atoms with van der Waals surface area (Å²) >= 11 is 0. The van der Waals surface area contributed by atoms with E-state index in [2.05, 4.69) is 10.9 Å². The van der Waals surface area contributed by atoms with Crippen LogP contribution < -0.4 is 15.2 Å². The van der Waals surface area contributed by atoms with Crippen LogP contribution in [0.15, 0.2) is 18.2 Å². The molecular formula is C15H17N3O2. The van der Waals surface area contributed by atoms with E-state index in [1.807, 2.05) is 25.1 Å². The van der Waals surface area contributed by atoms with Crippen molar-refractivity contribution in [3.8, 4) is 35.1 Å². The molecule has 0 spiro atoms. The Hall–Kier alpha value is -2.61. The first-order valence-corrected chi connectivity index (χ1v) is 6.10. The second-order valence-corrected chi connectivity index (χ2v) is 4.25. The molecule has 1 heterocycles. The van der Waals surface area contributed by atoms with Gasteiger partial charge in [0.05, 0.1) is 20.8 Å². The number of methoxy groups -OCH3 is 2. The number of hydrogen-bond donors (Lipinski definition) is 1. The highest BCUT2D eigenvalue weighted by Gasteiger charge is 2.15. The van der Waals surface area contributed by atoms with Crippen LogP contribution in [0.3, 0.4) is 0 Å². The number of hydrogen-bond acceptors (Lipinski definition) is 4. The molecule has 5 nitrogen and oxygen atoms in total. The molecule has 0 radical (unpaired) electrons. The molecule has 0 saturated carbocycles. The van der Waals surface area contributed by atoms with Gasteiger partial charge >= 0.3 is 0 Å². The van der Waals surface area contributed by atoms with Gasteiger partial charge in [0.15, 0.2) is 11.5 Å². The van der Waals surface area contributed by atoms with Gasteiger partial charge in [-0.1, -0.05) is 5.92 Å². The fourth-order valence-corrected chi connectivity index (χ4v) is 2.07. The maximum atomic E-state index is 6.12. The minimum Gasteiger partial charge on any atom is -0.493 e. The van der Waals surface area contributed by atoms with Crippen LogP contribution >= 0.6 is 0 Å². The number of rotatable bonds is 4. The van der Waals surface area contributed by atoms with Crippen LogP contribution in [0.1, 0.15) is 5.82 Å². The van der Waals surface area contributed by atoms with E-state index in [1.54, 1.807) is 18.8 Å². The topological polar surface area (TPSA) is 62.3 Å². The van der Waals surface area contributed by atoms with Crippen LogP contribution in [0, 0.1) is 19.3 Å². The van der Waals surface area contributed by atoms with Crippen molar-refractivity contribution in [2.24, 2.45) is 0 Å². The summed E-state index contributed by atoms with van der Waals surface area (Å²) in [6.07, 6.45) is 5.34. The zero-order chi connectivity index (χ0) is 14.7. The van der Waals surface area contributed by atoms with E-state index in [9.17, 15) is 0 Å². The van der Waals surface area contributed by atoms with E-state index in [-0.39, 0.29) is 0 Å². The number of benzene rings is 1. The molecular weight excluding hydrogens is 254 g/mol. The van der Waals surface area contributed by atoms with Gasteiger partial charge in [0.25, 0.3) is 0 Å². The summed E-state index contributed by atoms with van der Waals surface area (Å²) in [5.74, 6) is 5.20. The molecule has 0 unspecified atom stereocenters. The third kappa shape index (κ3) is 2.28. The summed E-state index contributed by atoms with van der Waals surface area (Å²) in [7, 11) is 3.19. The largest absolute Gasteiger partial charge is 0.493 e. The Bertz CT molecular complexity index is 668. The quantitative estimate of drug-likeness (QED) is 0.865. The second-order valence-electron chi connectivity index (χ2n) is 4.25. The van der Waals surface area contributed by atoms with E-state index in [0.717, 1.165) is 11.4 Å². The molecule has 2 N–H and O–H groups in total. The Morgan fingerprint density at radius 2 is 2.00 bits per heavy atom. The average molecular weight is 271 g/mol. The SMILES string of the molecule is C#CCn1c(C)nc(-c2ccc(OC)c(OC)c2)c1N. The van der Waals surface area contributed by atoms with Crippen molar-refractivity contribution in [2.45, 2.75) is 13.5 Å². The summed E-state index contributed by atoms with van der Waals surface area (Å²) < 4.78 is 12.3. The summed E-state index contributed by atoms with van der Waals surface area (Å²) in [6.45, 7) is 2.27. The van der Waals surface area contributed by atoms with Crippen molar-refractivity contribution >= 4 is 5.82 Å². The Morgan fingerprint density at radius 1 is 1.30 bits per heavy atom. The van der Waals surface area contributed by atoms with Gasteiger partial charge in [0, 0.05) is 5.56 Å². The van der Waals surface area contributed by atoms with Gasteiger partial charge in [0.2, 0.25) is 0 Å². The van der Waals surface area contributed by atoms with Gasteiger partial charge in [0.1, 0.15) is 17.3 Å². The molecule has 0 atom stereocenters. The van der Waals surface area contributed by atoms with Crippen molar-refractivity contribution in [1.82, 2.24) is 9.55 Å². The Morgan fingerprint density at radius 3 is 2.60 bits per heavy atom. The number of aryl methyl sites for hydroxylation is 1. The number of nitrogen functional groups attached to an aromatic ring is 1. The molecule has 5 heteroatoms. The molecule has 1 aromatic heterocycles. The van der Waals surface area contributed by atoms with E-state index in [4.69, 9.17) is 21.6 Å². The van der Waals surface area contributed by atoms with Crippen molar-refractivity contribution in [3.63, 3.8) is 0 Å². The number of aromatic nitrogens is 2. The Balaban J connectivity index is 2.52. The molecule has 104 valence electrons. The first-order valence-electron chi connectivity index (χ1n) is 6.10. The Labute approximate surface area is 118 Å². The highest BCUT2D eigenvalue weighted by Crippen LogP contribution is 2.34. The standard InChI is InChI=1S/C15H17N3O2/c1-5-8-18-10(2)17-14(15(18)16)11-6-7-12(19-3)13(9-11)20-4/h1,6-7,9H,8,16H2,2-4H3. The van der Waals surface area contributed by atoms with E-state index in [0.29, 0.717) is 29.6 Å². The summed E-state index contributed by atoms with van der Waals surface area (Å²) in [6, 6.07) is 5.56. The predicted octanol–water partition coefficient (Wildman–Crippen LogP) is 2.09. The van der Waals surface area contributed by atoms with Crippen molar-refractivity contribution in [3.05, 3.63) is 24.0 Å². The van der Waals surface area contributed by atoms with Gasteiger partial charge in [-0.05, 0) is 25.1 Å². The number of anilines is 1. The van der Waals surface area contributed by atoms with Crippen LogP contribution in [0.25, 0.3) is 11.3 Å². The molecule has 0 aliphatic carbocycles. The second kappa shape index (κ2) is 5.57. The van der Waals surface area contributed by atoms with Crippen LogP contribution in [0.4, 0.5) is 5.82 Å². The smallest absolute Gasteiger partial charge is 0.161 e. The number of imidazole rings is 1. The van der Waals surface area contributed by atoms with Crippen LogP contribution in [-0.4, -0.2) is 23.8 Å². The van der Waals surface area contributed by atoms with E-state index in [1.165, 1.54) is 0 Å². The number of terminal acetylenes is 1. The maximum Gasteiger partial charge on any atom is 0.161 e. The van der Waals surface area contributed by atoms with Crippen LogP contribution in [0.5, 0.6) is 11.5 Å². The number of nitrogens with zero attached hydrogens (tertiary/aromatic N) is 2. The molecule has 2 rings (SSSR count). The third-order valence-electron chi connectivity index (χ3n) is 3.10. The highest BCUT2D eigenvalue weighted by molar-refractivity contribution is 5.73. The molecule has 0 aliphatic heterocycles. The summed E-state index contributed by atoms with van der Waals surface area (Å²) in [5.41, 5.74) is 7.67. The number of ether oxygens (including phenoxy) is 2. The van der Waals surface area contributed by atoms with Gasteiger partial charge in [-0.25, -0.2) is 4.98 Å². The van der Waals surface area contributed by atoms with Crippen molar-refractivity contribution < 1.29 is 9.47 Å². The summed E-state index contributed by atoms with van der Waals surface area (Å²) in [5, 5.41) is 0. The Kier molecular flexibility index (Phi) is 3.85. The third-order valence-corrected chi connectivity index (χ3v) is 3.10. The van der Waals surface area contributed by atoms with E-state index >= 15 is 0 Å². The van der Waals surface area contributed by atoms with E-state index < -0.39 is 0 Å². The van der Waals surface area contributed by atoms with Crippen LogP contribution in [0.2, 0.25) is 0 Å². The molecule has 2 aromatic rings. The molecule has 1 aromatic carbocycles. The highest BCUT2D eigenvalue weighted by atomic mass is 16.5. The molecule has 0 amide bonds. The monoisotopic (exact) mass is 271 g/mol. The predicted molar refractivity (Wildman–Crippen MR) is 78.7 cm³/mol. The van der Waals surface area contributed by atoms with Crippen molar-refractivity contribution in [1.29, 1.82) is 0 Å². The first-order chi connectivity index (χ1) is 9.62. The maximum absolute atomic E-state index is 6.12. The van der Waals surface area contributed by atoms with Gasteiger partial charge in [-0.15, -0.1) is 6.42 Å². The fourth-order valence-electron chi connectivity index (χ4n) is 2.07. The van der Waals surface area contributed by atoms with Gasteiger partial charge < -0.3 is 19.8 Å². The zero-order valence-electron chi connectivity index (χ0n) is 11.8. The molecule has 20 heavy (non-hydrogen) atoms. The molecule has 0 aliphatic rings. The van der Waals surface area contributed by atoms with Gasteiger partial charge in [-0.3, -0.25) is 0 Å². The van der Waals surface area contributed by atoms with Crippen molar-refractivity contribution in [2.75, 3.05) is 20.0 Å². The van der Waals surface area contributed by atoms with Gasteiger partial charge in [-0.2, -0.15) is 0 Å². The van der Waals surface area contributed by atoms with Crippen LogP contribution in [-0.2, 0) is 6.54 Å². The molecule has 0 saturated heterocycles. The minimum absolute atomic E-state index is 0.401. The lowest BCUT2D eigenvalue weighted by molar-refractivity contribution is 0.355. The average Bonchev–Trinajstić information content (AvgIpc) is 2.75. The lowest BCUT2D eigenvalue weighted by Crippen LogP contribution is -2.03. The fraction of sp³-hybridized carbons (Fsp3) is 0.267.